The van der Waals surface area contributed by atoms with E-state index in [1.165, 1.54) is 30.6 Å². The molecule has 0 radical (unpaired) electrons. The number of nitrogens with one attached hydrogen (secondary N) is 1. The second-order valence-corrected chi connectivity index (χ2v) is 5.97. The van der Waals surface area contributed by atoms with Gasteiger partial charge in [-0.25, -0.2) is 0 Å². The molecule has 0 saturated carbocycles. The predicted molar refractivity (Wildman–Crippen MR) is 88.9 cm³/mol. The minimum Gasteiger partial charge on any atom is -0.383 e. The van der Waals surface area contributed by atoms with E-state index in [9.17, 15) is 0 Å². The minimum atomic E-state index is 0.615. The zero-order valence-electron chi connectivity index (χ0n) is 13.6. The number of likely N-dealkylation sites (tertiary alicyclic amines) is 1. The van der Waals surface area contributed by atoms with Crippen molar-refractivity contribution in [2.75, 3.05) is 52.3 Å². The Bertz CT molecular complexity index is 424. The lowest BCUT2D eigenvalue weighted by Gasteiger charge is -2.38. The van der Waals surface area contributed by atoms with Crippen molar-refractivity contribution >= 4 is 5.69 Å². The monoisotopic (exact) mass is 291 g/mol. The Morgan fingerprint density at radius 3 is 2.95 bits per heavy atom. The maximum Gasteiger partial charge on any atom is 0.0587 e. The van der Waals surface area contributed by atoms with Gasteiger partial charge in [-0.15, -0.1) is 0 Å². The van der Waals surface area contributed by atoms with Crippen LogP contribution in [0, 0.1) is 0 Å². The SMILES string of the molecule is COCCNCc1ccccc1N(C)C1CCCN(C)C1. The number of rotatable bonds is 7. The quantitative estimate of drug-likeness (QED) is 0.777. The molecule has 0 spiro atoms. The number of hydrogen-bond donors (Lipinski definition) is 1. The van der Waals surface area contributed by atoms with Crippen molar-refractivity contribution in [3.63, 3.8) is 0 Å². The van der Waals surface area contributed by atoms with E-state index in [-0.39, 0.29) is 0 Å². The summed E-state index contributed by atoms with van der Waals surface area (Å²) in [5, 5.41) is 3.45. The van der Waals surface area contributed by atoms with E-state index in [0.717, 1.165) is 26.2 Å². The zero-order valence-corrected chi connectivity index (χ0v) is 13.6. The highest BCUT2D eigenvalue weighted by Gasteiger charge is 2.22. The van der Waals surface area contributed by atoms with Gasteiger partial charge in [0.25, 0.3) is 0 Å². The van der Waals surface area contributed by atoms with E-state index in [1.807, 2.05) is 0 Å². The Hall–Kier alpha value is -1.10. The summed E-state index contributed by atoms with van der Waals surface area (Å²) in [6, 6.07) is 9.33. The largest absolute Gasteiger partial charge is 0.383 e. The fourth-order valence-corrected chi connectivity index (χ4v) is 3.05. The van der Waals surface area contributed by atoms with Gasteiger partial charge in [0.15, 0.2) is 0 Å². The smallest absolute Gasteiger partial charge is 0.0587 e. The van der Waals surface area contributed by atoms with Crippen LogP contribution in [0.4, 0.5) is 5.69 Å². The third kappa shape index (κ3) is 4.70. The molecular weight excluding hydrogens is 262 g/mol. The molecule has 0 aromatic heterocycles. The van der Waals surface area contributed by atoms with Gasteiger partial charge in [0.1, 0.15) is 0 Å². The van der Waals surface area contributed by atoms with Crippen molar-refractivity contribution in [2.24, 2.45) is 0 Å². The Morgan fingerprint density at radius 1 is 1.38 bits per heavy atom. The van der Waals surface area contributed by atoms with Gasteiger partial charge in [-0.3, -0.25) is 0 Å². The molecule has 1 aliphatic rings. The number of hydrogen-bond acceptors (Lipinski definition) is 4. The molecule has 1 unspecified atom stereocenters. The standard InChI is InChI=1S/C17H29N3O/c1-19-11-6-8-16(14-19)20(2)17-9-5-4-7-15(17)13-18-10-12-21-3/h4-5,7,9,16,18H,6,8,10-14H2,1-3H3. The third-order valence-corrected chi connectivity index (χ3v) is 4.32. The molecule has 1 fully saturated rings. The van der Waals surface area contributed by atoms with E-state index < -0.39 is 0 Å². The number of para-hydroxylation sites is 1. The van der Waals surface area contributed by atoms with Gasteiger partial charge in [0.05, 0.1) is 6.61 Å². The highest BCUT2D eigenvalue weighted by Crippen LogP contribution is 2.24. The number of methoxy groups -OCH3 is 1. The second kappa shape index (κ2) is 8.37. The first-order chi connectivity index (χ1) is 10.2. The lowest BCUT2D eigenvalue weighted by atomic mass is 10.0. The van der Waals surface area contributed by atoms with Crippen molar-refractivity contribution < 1.29 is 4.74 Å². The lowest BCUT2D eigenvalue weighted by molar-refractivity contribution is 0.199. The Morgan fingerprint density at radius 2 is 2.19 bits per heavy atom. The average molecular weight is 291 g/mol. The number of ether oxygens (including phenoxy) is 1. The van der Waals surface area contributed by atoms with Crippen LogP contribution < -0.4 is 10.2 Å². The fourth-order valence-electron chi connectivity index (χ4n) is 3.05. The van der Waals surface area contributed by atoms with Crippen LogP contribution in [0.1, 0.15) is 18.4 Å². The molecule has 0 aliphatic carbocycles. The van der Waals surface area contributed by atoms with E-state index in [1.54, 1.807) is 7.11 Å². The summed E-state index contributed by atoms with van der Waals surface area (Å²) in [7, 11) is 6.19. The molecule has 1 aromatic carbocycles. The van der Waals surface area contributed by atoms with Gasteiger partial charge in [-0.2, -0.15) is 0 Å². The number of benzene rings is 1. The minimum absolute atomic E-state index is 0.615. The average Bonchev–Trinajstić information content (AvgIpc) is 2.51. The maximum absolute atomic E-state index is 5.09. The van der Waals surface area contributed by atoms with Crippen LogP contribution in [0.2, 0.25) is 0 Å². The Balaban J connectivity index is 2.00. The normalized spacial score (nSPS) is 19.7. The lowest BCUT2D eigenvalue weighted by Crippen LogP contribution is -2.45. The zero-order chi connectivity index (χ0) is 15.1. The number of piperidine rings is 1. The number of nitrogens with zero attached hydrogens (tertiary/aromatic N) is 2. The first kappa shape index (κ1) is 16.3. The van der Waals surface area contributed by atoms with Crippen molar-refractivity contribution in [2.45, 2.75) is 25.4 Å². The number of anilines is 1. The van der Waals surface area contributed by atoms with Gasteiger partial charge in [-0.05, 0) is 38.1 Å². The third-order valence-electron chi connectivity index (χ3n) is 4.32. The molecule has 1 aliphatic heterocycles. The van der Waals surface area contributed by atoms with Crippen LogP contribution in [-0.4, -0.2) is 58.4 Å². The Kier molecular flexibility index (Phi) is 6.49. The maximum atomic E-state index is 5.09. The second-order valence-electron chi connectivity index (χ2n) is 5.97. The van der Waals surface area contributed by atoms with Gasteiger partial charge < -0.3 is 19.9 Å². The summed E-state index contributed by atoms with van der Waals surface area (Å²) in [5.41, 5.74) is 2.71. The van der Waals surface area contributed by atoms with Crippen LogP contribution in [0.5, 0.6) is 0 Å². The van der Waals surface area contributed by atoms with Crippen LogP contribution in [-0.2, 0) is 11.3 Å². The molecule has 1 saturated heterocycles. The molecule has 2 rings (SSSR count). The van der Waals surface area contributed by atoms with Crippen LogP contribution in [0.25, 0.3) is 0 Å². The highest BCUT2D eigenvalue weighted by molar-refractivity contribution is 5.54. The molecule has 1 aromatic rings. The molecule has 4 nitrogen and oxygen atoms in total. The summed E-state index contributed by atoms with van der Waals surface area (Å²) in [6.07, 6.45) is 2.58. The van der Waals surface area contributed by atoms with E-state index in [0.29, 0.717) is 6.04 Å². The topological polar surface area (TPSA) is 27.7 Å². The van der Waals surface area contributed by atoms with Crippen LogP contribution in [0.15, 0.2) is 24.3 Å². The summed E-state index contributed by atoms with van der Waals surface area (Å²) in [5.74, 6) is 0. The van der Waals surface area contributed by atoms with Crippen molar-refractivity contribution in [1.29, 1.82) is 0 Å². The molecule has 4 heteroatoms. The molecular formula is C17H29N3O. The van der Waals surface area contributed by atoms with Crippen LogP contribution in [0.3, 0.4) is 0 Å². The predicted octanol–water partition coefficient (Wildman–Crippen LogP) is 1.95. The van der Waals surface area contributed by atoms with Crippen LogP contribution >= 0.6 is 0 Å². The fraction of sp³-hybridized carbons (Fsp3) is 0.647. The van der Waals surface area contributed by atoms with Gasteiger partial charge in [0.2, 0.25) is 0 Å². The number of likely N-dealkylation sites (N-methyl/N-ethyl adjacent to an activating group) is 2. The molecule has 21 heavy (non-hydrogen) atoms. The van der Waals surface area contributed by atoms with E-state index in [2.05, 4.69) is 53.5 Å². The molecule has 118 valence electrons. The van der Waals surface area contributed by atoms with E-state index >= 15 is 0 Å². The molecule has 1 N–H and O–H groups in total. The molecule has 0 amide bonds. The highest BCUT2D eigenvalue weighted by atomic mass is 16.5. The molecule has 0 bridgehead atoms. The summed E-state index contributed by atoms with van der Waals surface area (Å²) in [6.45, 7) is 4.92. The molecule has 1 atom stereocenters. The first-order valence-electron chi connectivity index (χ1n) is 7.91. The summed E-state index contributed by atoms with van der Waals surface area (Å²) >= 11 is 0. The Labute approximate surface area is 129 Å². The van der Waals surface area contributed by atoms with Crippen molar-refractivity contribution in [1.82, 2.24) is 10.2 Å². The van der Waals surface area contributed by atoms with Gasteiger partial charge in [0, 0.05) is 45.5 Å². The summed E-state index contributed by atoms with van der Waals surface area (Å²) in [4.78, 5) is 4.90. The van der Waals surface area contributed by atoms with Crippen molar-refractivity contribution in [3.05, 3.63) is 29.8 Å². The van der Waals surface area contributed by atoms with Gasteiger partial charge >= 0.3 is 0 Å². The first-order valence-corrected chi connectivity index (χ1v) is 7.91. The van der Waals surface area contributed by atoms with E-state index in [4.69, 9.17) is 4.74 Å². The summed E-state index contributed by atoms with van der Waals surface area (Å²) < 4.78 is 5.09. The van der Waals surface area contributed by atoms with Gasteiger partial charge in [-0.1, -0.05) is 18.2 Å². The molecule has 1 heterocycles. The van der Waals surface area contributed by atoms with Crippen molar-refractivity contribution in [3.8, 4) is 0 Å².